The number of carboxylic acids is 1. The number of halogens is 1. The smallest absolute Gasteiger partial charge is 0.320 e. The highest BCUT2D eigenvalue weighted by molar-refractivity contribution is 6.32. The molecule has 0 fully saturated rings. The van der Waals surface area contributed by atoms with E-state index >= 15 is 0 Å². The maximum Gasteiger partial charge on any atom is 0.320 e. The lowest BCUT2D eigenvalue weighted by atomic mass is 10.00. The zero-order valence-electron chi connectivity index (χ0n) is 10.5. The van der Waals surface area contributed by atoms with E-state index in [0.717, 1.165) is 11.1 Å². The SMILES string of the molecule is COc1c(Cl)cc(CC(N)C(=O)O)c(C)c1OC. The van der Waals surface area contributed by atoms with E-state index in [9.17, 15) is 4.79 Å². The summed E-state index contributed by atoms with van der Waals surface area (Å²) < 4.78 is 10.4. The molecule has 0 bridgehead atoms. The van der Waals surface area contributed by atoms with Crippen molar-refractivity contribution in [3.8, 4) is 11.5 Å². The highest BCUT2D eigenvalue weighted by Crippen LogP contribution is 2.39. The first kappa shape index (κ1) is 14.6. The van der Waals surface area contributed by atoms with E-state index in [1.807, 2.05) is 6.92 Å². The first-order valence-electron chi connectivity index (χ1n) is 5.30. The molecule has 0 heterocycles. The minimum absolute atomic E-state index is 0.182. The van der Waals surface area contributed by atoms with Crippen LogP contribution in [0.5, 0.6) is 11.5 Å². The number of aliphatic carboxylic acids is 1. The van der Waals surface area contributed by atoms with Gasteiger partial charge in [-0.15, -0.1) is 0 Å². The van der Waals surface area contributed by atoms with Crippen molar-refractivity contribution in [2.45, 2.75) is 19.4 Å². The number of methoxy groups -OCH3 is 2. The van der Waals surface area contributed by atoms with E-state index in [4.69, 9.17) is 31.9 Å². The molecule has 1 unspecified atom stereocenters. The van der Waals surface area contributed by atoms with E-state index in [0.29, 0.717) is 16.5 Å². The number of hydrogen-bond donors (Lipinski definition) is 2. The summed E-state index contributed by atoms with van der Waals surface area (Å²) in [5.41, 5.74) is 7.02. The molecule has 0 saturated carbocycles. The number of carbonyl (C=O) groups is 1. The first-order valence-corrected chi connectivity index (χ1v) is 5.68. The first-order chi connectivity index (χ1) is 8.42. The van der Waals surface area contributed by atoms with Gasteiger partial charge >= 0.3 is 5.97 Å². The summed E-state index contributed by atoms with van der Waals surface area (Å²) in [6.07, 6.45) is 0.182. The quantitative estimate of drug-likeness (QED) is 0.852. The van der Waals surface area contributed by atoms with Crippen molar-refractivity contribution in [3.63, 3.8) is 0 Å². The third kappa shape index (κ3) is 2.86. The van der Waals surface area contributed by atoms with Crippen LogP contribution in [0.25, 0.3) is 0 Å². The molecule has 5 nitrogen and oxygen atoms in total. The summed E-state index contributed by atoms with van der Waals surface area (Å²) in [4.78, 5) is 10.8. The van der Waals surface area contributed by atoms with Gasteiger partial charge in [0.15, 0.2) is 11.5 Å². The molecule has 1 aromatic carbocycles. The minimum atomic E-state index is -1.06. The molecule has 100 valence electrons. The van der Waals surface area contributed by atoms with Gasteiger partial charge < -0.3 is 20.3 Å². The molecule has 0 aromatic heterocycles. The Morgan fingerprint density at radius 2 is 2.00 bits per heavy atom. The van der Waals surface area contributed by atoms with Crippen LogP contribution in [-0.2, 0) is 11.2 Å². The molecule has 18 heavy (non-hydrogen) atoms. The van der Waals surface area contributed by atoms with Crippen LogP contribution in [0.3, 0.4) is 0 Å². The molecule has 0 spiro atoms. The predicted octanol–water partition coefficient (Wildman–Crippen LogP) is 1.62. The highest BCUT2D eigenvalue weighted by atomic mass is 35.5. The van der Waals surface area contributed by atoms with Crippen LogP contribution in [0, 0.1) is 6.92 Å². The van der Waals surface area contributed by atoms with Crippen LogP contribution >= 0.6 is 11.6 Å². The van der Waals surface area contributed by atoms with Crippen LogP contribution in [0.4, 0.5) is 0 Å². The maximum atomic E-state index is 10.8. The summed E-state index contributed by atoms with van der Waals surface area (Å²) in [5.74, 6) is -0.123. The van der Waals surface area contributed by atoms with Gasteiger partial charge in [-0.05, 0) is 30.5 Å². The minimum Gasteiger partial charge on any atom is -0.493 e. The molecular weight excluding hydrogens is 258 g/mol. The van der Waals surface area contributed by atoms with Gasteiger partial charge in [-0.25, -0.2) is 0 Å². The molecule has 3 N–H and O–H groups in total. The second-order valence-corrected chi connectivity index (χ2v) is 4.27. The van der Waals surface area contributed by atoms with Crippen molar-refractivity contribution in [3.05, 3.63) is 22.2 Å². The number of ether oxygens (including phenoxy) is 2. The predicted molar refractivity (Wildman–Crippen MR) is 68.6 cm³/mol. The molecule has 0 saturated heterocycles. The molecule has 1 aromatic rings. The van der Waals surface area contributed by atoms with Gasteiger partial charge in [0.25, 0.3) is 0 Å². The van der Waals surface area contributed by atoms with Crippen LogP contribution in [0.15, 0.2) is 6.07 Å². The molecule has 0 amide bonds. The van der Waals surface area contributed by atoms with Gasteiger partial charge in [-0.3, -0.25) is 4.79 Å². The lowest BCUT2D eigenvalue weighted by Gasteiger charge is -2.17. The van der Waals surface area contributed by atoms with E-state index in [1.165, 1.54) is 14.2 Å². The fourth-order valence-corrected chi connectivity index (χ4v) is 2.02. The van der Waals surface area contributed by atoms with Gasteiger partial charge in [0.2, 0.25) is 0 Å². The third-order valence-electron chi connectivity index (χ3n) is 2.71. The topological polar surface area (TPSA) is 81.8 Å². The Kier molecular flexibility index (Phi) is 4.81. The maximum absolute atomic E-state index is 10.8. The van der Waals surface area contributed by atoms with Crippen molar-refractivity contribution in [1.82, 2.24) is 0 Å². The van der Waals surface area contributed by atoms with Gasteiger partial charge in [-0.2, -0.15) is 0 Å². The van der Waals surface area contributed by atoms with Gasteiger partial charge in [0, 0.05) is 0 Å². The molecule has 0 aliphatic carbocycles. The number of benzene rings is 1. The van der Waals surface area contributed by atoms with Crippen LogP contribution in [-0.4, -0.2) is 31.3 Å². The third-order valence-corrected chi connectivity index (χ3v) is 2.99. The second kappa shape index (κ2) is 5.93. The van der Waals surface area contributed by atoms with Crippen molar-refractivity contribution < 1.29 is 19.4 Å². The lowest BCUT2D eigenvalue weighted by molar-refractivity contribution is -0.138. The molecule has 1 atom stereocenters. The number of carboxylic acid groups (broad SMARTS) is 1. The summed E-state index contributed by atoms with van der Waals surface area (Å²) in [6, 6.07) is 0.680. The molecule has 6 heteroatoms. The van der Waals surface area contributed by atoms with Gasteiger partial charge in [-0.1, -0.05) is 11.6 Å². The van der Waals surface area contributed by atoms with Gasteiger partial charge in [0.1, 0.15) is 6.04 Å². The van der Waals surface area contributed by atoms with E-state index < -0.39 is 12.0 Å². The Hall–Kier alpha value is -1.46. The number of rotatable bonds is 5. The van der Waals surface area contributed by atoms with Crippen LogP contribution in [0.2, 0.25) is 5.02 Å². The summed E-state index contributed by atoms with van der Waals surface area (Å²) in [5, 5.41) is 9.18. The monoisotopic (exact) mass is 273 g/mol. The Morgan fingerprint density at radius 1 is 1.44 bits per heavy atom. The van der Waals surface area contributed by atoms with Crippen molar-refractivity contribution >= 4 is 17.6 Å². The zero-order valence-corrected chi connectivity index (χ0v) is 11.2. The summed E-state index contributed by atoms with van der Waals surface area (Å²) in [7, 11) is 2.99. The van der Waals surface area contributed by atoms with E-state index in [1.54, 1.807) is 6.07 Å². The largest absolute Gasteiger partial charge is 0.493 e. The van der Waals surface area contributed by atoms with Crippen molar-refractivity contribution in [2.24, 2.45) is 5.73 Å². The Morgan fingerprint density at radius 3 is 2.44 bits per heavy atom. The fraction of sp³-hybridized carbons (Fsp3) is 0.417. The summed E-state index contributed by atoms with van der Waals surface area (Å²) >= 11 is 6.06. The average Bonchev–Trinajstić information content (AvgIpc) is 2.32. The fourth-order valence-electron chi connectivity index (χ4n) is 1.72. The van der Waals surface area contributed by atoms with Crippen LogP contribution < -0.4 is 15.2 Å². The van der Waals surface area contributed by atoms with E-state index in [2.05, 4.69) is 0 Å². The zero-order chi connectivity index (χ0) is 13.9. The average molecular weight is 274 g/mol. The van der Waals surface area contributed by atoms with Crippen molar-refractivity contribution in [1.29, 1.82) is 0 Å². The van der Waals surface area contributed by atoms with Crippen molar-refractivity contribution in [2.75, 3.05) is 14.2 Å². The van der Waals surface area contributed by atoms with Crippen LogP contribution in [0.1, 0.15) is 11.1 Å². The Labute approximate surface area is 110 Å². The number of hydrogen-bond acceptors (Lipinski definition) is 4. The Bertz CT molecular complexity index is 462. The number of nitrogens with two attached hydrogens (primary N) is 1. The molecule has 0 radical (unpaired) electrons. The highest BCUT2D eigenvalue weighted by Gasteiger charge is 2.19. The molecule has 0 aliphatic heterocycles. The van der Waals surface area contributed by atoms with E-state index in [-0.39, 0.29) is 6.42 Å². The van der Waals surface area contributed by atoms with Gasteiger partial charge in [0.05, 0.1) is 19.2 Å². The summed E-state index contributed by atoms with van der Waals surface area (Å²) in [6.45, 7) is 1.81. The molecule has 0 aliphatic rings. The molecular formula is C12H16ClNO4. The lowest BCUT2D eigenvalue weighted by Crippen LogP contribution is -2.32. The molecule has 1 rings (SSSR count). The standard InChI is InChI=1S/C12H16ClNO4/c1-6-7(5-9(14)12(15)16)4-8(13)11(18-3)10(6)17-2/h4,9H,5,14H2,1-3H3,(H,15,16). The Balaban J connectivity index is 3.22. The second-order valence-electron chi connectivity index (χ2n) is 3.86. The normalized spacial score (nSPS) is 12.1.